The number of aromatic nitrogens is 2. The van der Waals surface area contributed by atoms with Gasteiger partial charge in [0.15, 0.2) is 0 Å². The molecule has 0 aliphatic carbocycles. The Labute approximate surface area is 330 Å². The summed E-state index contributed by atoms with van der Waals surface area (Å²) in [6.07, 6.45) is -0.292. The molecule has 4 aromatic rings. The second kappa shape index (κ2) is 19.4. The van der Waals surface area contributed by atoms with Crippen LogP contribution < -0.4 is 20.7 Å². The number of hydrogen-bond donors (Lipinski definition) is 1. The first-order valence-electron chi connectivity index (χ1n) is 18.2. The molecule has 5 rings (SSSR count). The van der Waals surface area contributed by atoms with Crippen LogP contribution in [0, 0.1) is 18.3 Å². The fourth-order valence-corrected chi connectivity index (χ4v) is 10.8. The topological polar surface area (TPSA) is 137 Å². The number of nitrogens with one attached hydrogen (secondary N) is 1. The van der Waals surface area contributed by atoms with Gasteiger partial charge in [0.2, 0.25) is 0 Å². The summed E-state index contributed by atoms with van der Waals surface area (Å²) in [6, 6.07) is 27.9. The molecule has 2 heterocycles. The van der Waals surface area contributed by atoms with E-state index in [4.69, 9.17) is 28.0 Å². The van der Waals surface area contributed by atoms with Crippen molar-refractivity contribution in [3.8, 4) is 17.6 Å². The van der Waals surface area contributed by atoms with E-state index in [0.29, 0.717) is 17.1 Å². The first-order valence-corrected chi connectivity index (χ1v) is 22.1. The second-order valence-corrected chi connectivity index (χ2v) is 17.2. The third-order valence-electron chi connectivity index (χ3n) is 9.49. The SMILES string of the molecule is COc1ccc(C(OC[C@H]2O[C@@H](n3cc(C)c(=O)[nH]c3=O)[C@H]([Se]C)[C@@H]2OP(OCCC#N)N(C(C)C)C(C)C)(c2ccccc2)c2ccc(OC)cc2)cc1. The molecule has 1 fully saturated rings. The first kappa shape index (κ1) is 42.3. The Kier molecular flexibility index (Phi) is 14.9. The number of aromatic amines is 1. The van der Waals surface area contributed by atoms with Crippen LogP contribution in [-0.4, -0.2) is 80.9 Å². The van der Waals surface area contributed by atoms with Gasteiger partial charge in [-0.25, -0.2) is 0 Å². The Morgan fingerprint density at radius 2 is 1.49 bits per heavy atom. The van der Waals surface area contributed by atoms with Crippen LogP contribution in [0.2, 0.25) is 10.6 Å². The molecule has 1 N–H and O–H groups in total. The van der Waals surface area contributed by atoms with Crippen LogP contribution in [0.3, 0.4) is 0 Å². The summed E-state index contributed by atoms with van der Waals surface area (Å²) in [6.45, 7) is 10.2. The third-order valence-corrected chi connectivity index (χ3v) is 13.8. The molecule has 1 aliphatic rings. The van der Waals surface area contributed by atoms with Crippen molar-refractivity contribution in [1.29, 1.82) is 5.26 Å². The monoisotopic (exact) mass is 838 g/mol. The minimum atomic E-state index is -1.69. The summed E-state index contributed by atoms with van der Waals surface area (Å²) in [5, 5.41) is 9.38. The minimum absolute atomic E-state index is 0.0442. The molecule has 55 heavy (non-hydrogen) atoms. The molecule has 1 saturated heterocycles. The van der Waals surface area contributed by atoms with Gasteiger partial charge in [0.25, 0.3) is 0 Å². The molecule has 1 unspecified atom stereocenters. The fraction of sp³-hybridized carbons (Fsp3) is 0.439. The van der Waals surface area contributed by atoms with Crippen molar-refractivity contribution in [2.75, 3.05) is 27.4 Å². The summed E-state index contributed by atoms with van der Waals surface area (Å²) in [4.78, 5) is 28.0. The van der Waals surface area contributed by atoms with Gasteiger partial charge < -0.3 is 0 Å². The van der Waals surface area contributed by atoms with Gasteiger partial charge in [0.05, 0.1) is 0 Å². The number of rotatable bonds is 18. The van der Waals surface area contributed by atoms with E-state index in [9.17, 15) is 14.9 Å². The van der Waals surface area contributed by atoms with Gasteiger partial charge in [-0.3, -0.25) is 0 Å². The number of ether oxygens (including phenoxy) is 4. The number of nitrogens with zero attached hydrogens (tertiary/aromatic N) is 3. The molecule has 3 aromatic carbocycles. The van der Waals surface area contributed by atoms with Crippen LogP contribution in [0.25, 0.3) is 0 Å². The summed E-state index contributed by atoms with van der Waals surface area (Å²) >= 11 is -0.121. The van der Waals surface area contributed by atoms with Gasteiger partial charge in [-0.05, 0) is 0 Å². The Bertz CT molecular complexity index is 1930. The van der Waals surface area contributed by atoms with Crippen LogP contribution in [0.5, 0.6) is 11.5 Å². The van der Waals surface area contributed by atoms with Crippen molar-refractivity contribution >= 4 is 23.5 Å². The number of benzene rings is 3. The van der Waals surface area contributed by atoms with Crippen molar-refractivity contribution in [2.24, 2.45) is 0 Å². The molecular formula is C41H51N4O8PSe. The van der Waals surface area contributed by atoms with E-state index in [1.165, 1.54) is 4.57 Å². The Hall–Kier alpha value is -3.82. The van der Waals surface area contributed by atoms with Gasteiger partial charge in [0.1, 0.15) is 0 Å². The summed E-state index contributed by atoms with van der Waals surface area (Å²) in [5.41, 5.74) is 0.827. The molecule has 294 valence electrons. The zero-order valence-corrected chi connectivity index (χ0v) is 35.2. The second-order valence-electron chi connectivity index (χ2n) is 13.7. The van der Waals surface area contributed by atoms with E-state index in [0.717, 1.165) is 16.7 Å². The Balaban J connectivity index is 1.66. The molecule has 0 radical (unpaired) electrons. The van der Waals surface area contributed by atoms with Crippen LogP contribution in [0.15, 0.2) is 94.6 Å². The third kappa shape index (κ3) is 9.42. The summed E-state index contributed by atoms with van der Waals surface area (Å²) in [7, 11) is 1.57. The standard InChI is InChI=1S/C41H51N4O8PSe/c1-27(2)45(28(3)4)54(51-24-12-23-42)53-36-35(52-39(37(36)55-8)44-25-29(5)38(46)43-40(44)47)26-50-41(30-13-10-9-11-14-30,31-15-19-33(48-6)20-16-31)32-17-21-34(49-7)22-18-32/h9-11,13-22,25,27-28,35-37,39H,12,24,26H2,1-8H3,(H,43,46,47)/t35-,36-,37-,39-,54?/m1/s1. The van der Waals surface area contributed by atoms with Crippen molar-refractivity contribution in [2.45, 2.75) is 87.8 Å². The number of H-pyrrole nitrogens is 1. The number of aryl methyl sites for hydroxylation is 1. The maximum absolute atomic E-state index is 13.4. The van der Waals surface area contributed by atoms with Crippen molar-refractivity contribution in [1.82, 2.24) is 14.2 Å². The average molecular weight is 838 g/mol. The average Bonchev–Trinajstić information content (AvgIpc) is 3.53. The van der Waals surface area contributed by atoms with Crippen LogP contribution >= 0.6 is 8.53 Å². The van der Waals surface area contributed by atoms with Gasteiger partial charge in [-0.1, -0.05) is 0 Å². The number of methoxy groups -OCH3 is 2. The predicted molar refractivity (Wildman–Crippen MR) is 214 cm³/mol. The number of nitriles is 1. The van der Waals surface area contributed by atoms with Gasteiger partial charge in [-0.15, -0.1) is 0 Å². The first-order chi connectivity index (χ1) is 26.5. The van der Waals surface area contributed by atoms with Crippen LogP contribution in [-0.2, 0) is 24.1 Å². The maximum atomic E-state index is 13.4. The van der Waals surface area contributed by atoms with Crippen LogP contribution in [0.4, 0.5) is 0 Å². The summed E-state index contributed by atoms with van der Waals surface area (Å²) < 4.78 is 42.4. The molecule has 12 nitrogen and oxygen atoms in total. The van der Waals surface area contributed by atoms with Crippen LogP contribution in [0.1, 0.15) is 62.6 Å². The molecule has 0 bridgehead atoms. The molecule has 14 heteroatoms. The molecule has 0 spiro atoms. The van der Waals surface area contributed by atoms with E-state index < -0.39 is 43.8 Å². The zero-order chi connectivity index (χ0) is 39.7. The molecule has 5 atom stereocenters. The molecular weight excluding hydrogens is 786 g/mol. The Morgan fingerprint density at radius 1 is 0.927 bits per heavy atom. The molecule has 1 aliphatic heterocycles. The summed E-state index contributed by atoms with van der Waals surface area (Å²) in [5.74, 6) is 3.49. The molecule has 0 amide bonds. The van der Waals surface area contributed by atoms with Gasteiger partial charge >= 0.3 is 332 Å². The van der Waals surface area contributed by atoms with E-state index in [1.807, 2.05) is 78.9 Å². The van der Waals surface area contributed by atoms with Crippen molar-refractivity contribution in [3.05, 3.63) is 128 Å². The predicted octanol–water partition coefficient (Wildman–Crippen LogP) is 6.97. The van der Waals surface area contributed by atoms with Crippen molar-refractivity contribution < 1.29 is 28.0 Å². The van der Waals surface area contributed by atoms with E-state index in [-0.39, 0.29) is 51.5 Å². The Morgan fingerprint density at radius 3 is 2.00 bits per heavy atom. The van der Waals surface area contributed by atoms with Gasteiger partial charge in [-0.2, -0.15) is 0 Å². The molecule has 1 aromatic heterocycles. The van der Waals surface area contributed by atoms with Crippen molar-refractivity contribution in [3.63, 3.8) is 0 Å². The quantitative estimate of drug-likeness (QED) is 0.0485. The fourth-order valence-electron chi connectivity index (χ4n) is 6.90. The number of hydrogen-bond acceptors (Lipinski definition) is 10. The molecule has 0 saturated carbocycles. The zero-order valence-electron chi connectivity index (χ0n) is 32.6. The van der Waals surface area contributed by atoms with E-state index >= 15 is 0 Å². The van der Waals surface area contributed by atoms with E-state index in [2.05, 4.69) is 49.2 Å². The van der Waals surface area contributed by atoms with E-state index in [1.54, 1.807) is 27.3 Å². The van der Waals surface area contributed by atoms with Gasteiger partial charge in [0, 0.05) is 0 Å². The normalized spacial score (nSPS) is 19.2.